The van der Waals surface area contributed by atoms with Crippen LogP contribution in [0.1, 0.15) is 23.9 Å². The molecule has 0 N–H and O–H groups in total. The van der Waals surface area contributed by atoms with Crippen molar-refractivity contribution in [3.8, 4) is 5.75 Å². The monoisotopic (exact) mass is 342 g/mol. The van der Waals surface area contributed by atoms with Gasteiger partial charge in [-0.15, -0.1) is 0 Å². The molecule has 0 fully saturated rings. The summed E-state index contributed by atoms with van der Waals surface area (Å²) >= 11 is 9.74. The minimum atomic E-state index is 0.416. The second kappa shape index (κ2) is 5.97. The van der Waals surface area contributed by atoms with Gasteiger partial charge in [0, 0.05) is 11.5 Å². The fraction of sp³-hybridized carbons (Fsp3) is 0.357. The third kappa shape index (κ3) is 3.12. The van der Waals surface area contributed by atoms with Crippen molar-refractivity contribution >= 4 is 27.5 Å². The third-order valence-electron chi connectivity index (χ3n) is 3.02. The predicted octanol–water partition coefficient (Wildman–Crippen LogP) is 4.29. The highest BCUT2D eigenvalue weighted by Crippen LogP contribution is 2.26. The molecule has 0 saturated carbocycles. The Hall–Kier alpha value is -1.00. The second-order valence-electron chi connectivity index (χ2n) is 4.38. The minimum Gasteiger partial charge on any atom is -0.487 e. The van der Waals surface area contributed by atoms with Gasteiger partial charge in [0.2, 0.25) is 0 Å². The summed E-state index contributed by atoms with van der Waals surface area (Å²) in [6, 6.07) is 5.97. The Balaban J connectivity index is 2.19. The lowest BCUT2D eigenvalue weighted by Crippen LogP contribution is -2.04. The molecule has 2 aromatic rings. The molecule has 0 unspecified atom stereocenters. The lowest BCUT2D eigenvalue weighted by molar-refractivity contribution is 0.293. The molecule has 0 spiro atoms. The highest BCUT2D eigenvalue weighted by Gasteiger charge is 2.13. The average Bonchev–Trinajstić information content (AvgIpc) is 2.66. The van der Waals surface area contributed by atoms with Gasteiger partial charge in [-0.3, -0.25) is 4.68 Å². The van der Waals surface area contributed by atoms with Gasteiger partial charge in [0.05, 0.1) is 16.4 Å². The SMILES string of the molecule is CCc1nn(C)c(COc2cc(Br)ccc2C)c1Cl. The van der Waals surface area contributed by atoms with Crippen molar-refractivity contribution in [3.63, 3.8) is 0 Å². The van der Waals surface area contributed by atoms with Crippen molar-refractivity contribution in [2.45, 2.75) is 26.9 Å². The van der Waals surface area contributed by atoms with Crippen LogP contribution in [0, 0.1) is 6.92 Å². The number of halogens is 2. The van der Waals surface area contributed by atoms with E-state index in [1.165, 1.54) is 0 Å². The Morgan fingerprint density at radius 3 is 2.79 bits per heavy atom. The number of ether oxygens (including phenoxy) is 1. The Bertz CT molecular complexity index is 595. The van der Waals surface area contributed by atoms with Crippen LogP contribution in [-0.2, 0) is 20.1 Å². The fourth-order valence-corrected chi connectivity index (χ4v) is 2.54. The minimum absolute atomic E-state index is 0.416. The maximum atomic E-state index is 6.29. The number of nitrogens with zero attached hydrogens (tertiary/aromatic N) is 2. The predicted molar refractivity (Wildman–Crippen MR) is 80.8 cm³/mol. The first-order valence-electron chi connectivity index (χ1n) is 6.12. The molecule has 0 atom stereocenters. The van der Waals surface area contributed by atoms with Gasteiger partial charge in [-0.2, -0.15) is 5.10 Å². The van der Waals surface area contributed by atoms with Crippen LogP contribution in [0.5, 0.6) is 5.75 Å². The van der Waals surface area contributed by atoms with Crippen molar-refractivity contribution < 1.29 is 4.74 Å². The molecule has 3 nitrogen and oxygen atoms in total. The molecule has 1 aromatic heterocycles. The summed E-state index contributed by atoms with van der Waals surface area (Å²) in [6.45, 7) is 4.47. The molecule has 1 heterocycles. The van der Waals surface area contributed by atoms with Crippen LogP contribution >= 0.6 is 27.5 Å². The lowest BCUT2D eigenvalue weighted by atomic mass is 10.2. The third-order valence-corrected chi connectivity index (χ3v) is 3.95. The van der Waals surface area contributed by atoms with Gasteiger partial charge in [0.1, 0.15) is 12.4 Å². The van der Waals surface area contributed by atoms with Gasteiger partial charge in [-0.25, -0.2) is 0 Å². The first kappa shape index (κ1) is 14.4. The van der Waals surface area contributed by atoms with Gasteiger partial charge in [-0.05, 0) is 31.0 Å². The first-order chi connectivity index (χ1) is 9.02. The molecule has 102 valence electrons. The molecule has 0 aliphatic heterocycles. The van der Waals surface area contributed by atoms with E-state index in [0.29, 0.717) is 11.6 Å². The number of benzene rings is 1. The molecule has 0 saturated heterocycles. The number of hydrogen-bond donors (Lipinski definition) is 0. The van der Waals surface area contributed by atoms with Crippen LogP contribution in [-0.4, -0.2) is 9.78 Å². The van der Waals surface area contributed by atoms with E-state index in [0.717, 1.165) is 33.6 Å². The zero-order valence-corrected chi connectivity index (χ0v) is 13.5. The molecular formula is C14H16BrClN2O. The van der Waals surface area contributed by atoms with Crippen LogP contribution in [0.3, 0.4) is 0 Å². The van der Waals surface area contributed by atoms with Gasteiger partial charge in [0.25, 0.3) is 0 Å². The number of hydrogen-bond acceptors (Lipinski definition) is 2. The topological polar surface area (TPSA) is 27.1 Å². The van der Waals surface area contributed by atoms with Gasteiger partial charge < -0.3 is 4.74 Å². The molecule has 0 amide bonds. The van der Waals surface area contributed by atoms with E-state index in [-0.39, 0.29) is 0 Å². The number of aromatic nitrogens is 2. The molecule has 1 aromatic carbocycles. The summed E-state index contributed by atoms with van der Waals surface area (Å²) in [7, 11) is 1.89. The summed E-state index contributed by atoms with van der Waals surface area (Å²) < 4.78 is 8.63. The number of aryl methyl sites for hydroxylation is 3. The summed E-state index contributed by atoms with van der Waals surface area (Å²) in [5.41, 5.74) is 2.91. The van der Waals surface area contributed by atoms with Crippen LogP contribution in [0.2, 0.25) is 5.02 Å². The molecule has 0 bridgehead atoms. The zero-order chi connectivity index (χ0) is 14.0. The second-order valence-corrected chi connectivity index (χ2v) is 5.68. The molecular weight excluding hydrogens is 328 g/mol. The van der Waals surface area contributed by atoms with E-state index < -0.39 is 0 Å². The lowest BCUT2D eigenvalue weighted by Gasteiger charge is -2.10. The molecule has 2 rings (SSSR count). The average molecular weight is 344 g/mol. The van der Waals surface area contributed by atoms with Gasteiger partial charge in [0.15, 0.2) is 0 Å². The van der Waals surface area contributed by atoms with Crippen LogP contribution < -0.4 is 4.74 Å². The zero-order valence-electron chi connectivity index (χ0n) is 11.2. The van der Waals surface area contributed by atoms with Crippen LogP contribution in [0.4, 0.5) is 0 Å². The summed E-state index contributed by atoms with van der Waals surface area (Å²) in [5.74, 6) is 0.852. The normalized spacial score (nSPS) is 10.8. The van der Waals surface area contributed by atoms with Crippen molar-refractivity contribution in [2.24, 2.45) is 7.05 Å². The molecule has 5 heteroatoms. The van der Waals surface area contributed by atoms with E-state index in [9.17, 15) is 0 Å². The van der Waals surface area contributed by atoms with Crippen molar-refractivity contribution in [1.82, 2.24) is 9.78 Å². The van der Waals surface area contributed by atoms with Crippen molar-refractivity contribution in [1.29, 1.82) is 0 Å². The summed E-state index contributed by atoms with van der Waals surface area (Å²) in [6.07, 6.45) is 0.822. The number of rotatable bonds is 4. The summed E-state index contributed by atoms with van der Waals surface area (Å²) in [4.78, 5) is 0. The fourth-order valence-electron chi connectivity index (χ4n) is 1.85. The van der Waals surface area contributed by atoms with Crippen LogP contribution in [0.15, 0.2) is 22.7 Å². The van der Waals surface area contributed by atoms with Crippen LogP contribution in [0.25, 0.3) is 0 Å². The molecule has 0 aliphatic rings. The van der Waals surface area contributed by atoms with Gasteiger partial charge >= 0.3 is 0 Å². The maximum absolute atomic E-state index is 6.29. The summed E-state index contributed by atoms with van der Waals surface area (Å²) in [5, 5.41) is 5.08. The van der Waals surface area contributed by atoms with Gasteiger partial charge in [-0.1, -0.05) is 40.5 Å². The van der Waals surface area contributed by atoms with E-state index in [1.54, 1.807) is 4.68 Å². The Labute approximate surface area is 126 Å². The molecule has 0 aliphatic carbocycles. The standard InChI is InChI=1S/C14H16BrClN2O/c1-4-11-14(16)12(18(3)17-11)8-19-13-7-10(15)6-5-9(13)2/h5-7H,4,8H2,1-3H3. The highest BCUT2D eigenvalue weighted by molar-refractivity contribution is 9.10. The first-order valence-corrected chi connectivity index (χ1v) is 7.29. The Morgan fingerprint density at radius 2 is 2.16 bits per heavy atom. The largest absolute Gasteiger partial charge is 0.487 e. The Morgan fingerprint density at radius 1 is 1.42 bits per heavy atom. The quantitative estimate of drug-likeness (QED) is 0.828. The van der Waals surface area contributed by atoms with E-state index in [1.807, 2.05) is 39.1 Å². The molecule has 19 heavy (non-hydrogen) atoms. The smallest absolute Gasteiger partial charge is 0.131 e. The van der Waals surface area contributed by atoms with E-state index in [2.05, 4.69) is 21.0 Å². The van der Waals surface area contributed by atoms with E-state index >= 15 is 0 Å². The maximum Gasteiger partial charge on any atom is 0.131 e. The highest BCUT2D eigenvalue weighted by atomic mass is 79.9. The van der Waals surface area contributed by atoms with E-state index in [4.69, 9.17) is 16.3 Å². The van der Waals surface area contributed by atoms with Crippen molar-refractivity contribution in [2.75, 3.05) is 0 Å². The Kier molecular flexibility index (Phi) is 4.53. The van der Waals surface area contributed by atoms with Crippen molar-refractivity contribution in [3.05, 3.63) is 44.6 Å². The molecule has 0 radical (unpaired) electrons.